The van der Waals surface area contributed by atoms with Gasteiger partial charge >= 0.3 is 5.97 Å². The second kappa shape index (κ2) is 7.03. The van der Waals surface area contributed by atoms with Gasteiger partial charge < -0.3 is 15.3 Å². The van der Waals surface area contributed by atoms with Gasteiger partial charge in [0, 0.05) is 0 Å². The van der Waals surface area contributed by atoms with E-state index in [9.17, 15) is 17.6 Å². The average molecular weight is 248 g/mol. The van der Waals surface area contributed by atoms with E-state index < -0.39 is 31.2 Å². The molecule has 0 fully saturated rings. The van der Waals surface area contributed by atoms with Crippen molar-refractivity contribution in [1.82, 2.24) is 0 Å². The average Bonchev–Trinajstić information content (AvgIpc) is 2.20. The van der Waals surface area contributed by atoms with Gasteiger partial charge in [-0.2, -0.15) is 0 Å². The second-order valence-corrected chi connectivity index (χ2v) is 3.59. The Morgan fingerprint density at radius 1 is 0.938 bits per heavy atom. The highest BCUT2D eigenvalue weighted by atomic mass is 19.2. The zero-order valence-corrected chi connectivity index (χ0v) is 8.62. The van der Waals surface area contributed by atoms with Crippen LogP contribution in [0.5, 0.6) is 0 Å². The minimum atomic E-state index is -3.89. The lowest BCUT2D eigenvalue weighted by molar-refractivity contribution is -0.351. The molecule has 0 aromatic heterocycles. The Morgan fingerprint density at radius 3 is 1.94 bits per heavy atom. The predicted molar refractivity (Wildman–Crippen MR) is 48.5 cm³/mol. The van der Waals surface area contributed by atoms with Crippen LogP contribution in [-0.4, -0.2) is 46.5 Å². The summed E-state index contributed by atoms with van der Waals surface area (Å²) in [6, 6.07) is 0. The normalized spacial score (nSPS) is 18.2. The van der Waals surface area contributed by atoms with E-state index in [0.29, 0.717) is 6.42 Å². The molecule has 0 aliphatic carbocycles. The number of alkyl halides is 4. The molecule has 7 heteroatoms. The maximum absolute atomic E-state index is 13.0. The fourth-order valence-corrected chi connectivity index (χ4v) is 1.17. The summed E-state index contributed by atoms with van der Waals surface area (Å²) in [5.41, 5.74) is 0. The Kier molecular flexibility index (Phi) is 6.85. The van der Waals surface area contributed by atoms with Crippen LogP contribution < -0.4 is 0 Å². The van der Waals surface area contributed by atoms with E-state index in [1.165, 1.54) is 0 Å². The van der Waals surface area contributed by atoms with Crippen molar-refractivity contribution in [3.05, 3.63) is 0 Å². The lowest BCUT2D eigenvalue weighted by Crippen LogP contribution is -2.47. The van der Waals surface area contributed by atoms with E-state index in [1.54, 1.807) is 0 Å². The highest BCUT2D eigenvalue weighted by Gasteiger charge is 2.43. The van der Waals surface area contributed by atoms with Crippen LogP contribution in [0.4, 0.5) is 17.6 Å². The summed E-state index contributed by atoms with van der Waals surface area (Å²) >= 11 is 0. The first-order chi connectivity index (χ1) is 7.30. The van der Waals surface area contributed by atoms with Gasteiger partial charge in [0.05, 0.1) is 6.67 Å². The van der Waals surface area contributed by atoms with E-state index >= 15 is 0 Å². The minimum Gasteiger partial charge on any atom is -0.341 e. The minimum absolute atomic E-state index is 0.160. The summed E-state index contributed by atoms with van der Waals surface area (Å²) in [5.74, 6) is -3.89. The second-order valence-electron chi connectivity index (χ2n) is 3.59. The molecule has 0 aromatic carbocycles. The smallest absolute Gasteiger partial charge is 0.311 e. The van der Waals surface area contributed by atoms with Crippen LogP contribution in [0.3, 0.4) is 0 Å². The number of hydrogen-bond acceptors (Lipinski definition) is 3. The molecule has 3 nitrogen and oxygen atoms in total. The summed E-state index contributed by atoms with van der Waals surface area (Å²) in [4.78, 5) is 0. The number of hydrogen-bond donors (Lipinski definition) is 3. The number of rotatable bonds is 8. The van der Waals surface area contributed by atoms with Crippen molar-refractivity contribution >= 4 is 0 Å². The Balaban J connectivity index is 3.93. The fraction of sp³-hybridized carbons (Fsp3) is 1.00. The maximum atomic E-state index is 13.0. The molecule has 3 N–H and O–H groups in total. The summed E-state index contributed by atoms with van der Waals surface area (Å²) in [7, 11) is 0. The highest BCUT2D eigenvalue weighted by Crippen LogP contribution is 2.22. The molecule has 16 heavy (non-hydrogen) atoms. The predicted octanol–water partition coefficient (Wildman–Crippen LogP) is 1.16. The van der Waals surface area contributed by atoms with Crippen molar-refractivity contribution in [1.29, 1.82) is 0 Å². The van der Waals surface area contributed by atoms with Crippen LogP contribution in [0.1, 0.15) is 25.7 Å². The van der Waals surface area contributed by atoms with Gasteiger partial charge in [-0.1, -0.05) is 12.8 Å². The zero-order valence-electron chi connectivity index (χ0n) is 8.62. The number of aliphatic hydroxyl groups is 3. The molecule has 0 radical (unpaired) electrons. The van der Waals surface area contributed by atoms with Crippen molar-refractivity contribution in [2.24, 2.45) is 0 Å². The molecule has 0 aliphatic heterocycles. The van der Waals surface area contributed by atoms with Crippen LogP contribution in [0.2, 0.25) is 0 Å². The van der Waals surface area contributed by atoms with Gasteiger partial charge in [0.25, 0.3) is 0 Å². The Bertz CT molecular complexity index is 186. The fourth-order valence-electron chi connectivity index (χ4n) is 1.17. The van der Waals surface area contributed by atoms with E-state index in [4.69, 9.17) is 15.3 Å². The Hall–Kier alpha value is -0.400. The van der Waals surface area contributed by atoms with Gasteiger partial charge in [-0.3, -0.25) is 4.39 Å². The highest BCUT2D eigenvalue weighted by molar-refractivity contribution is 4.80. The van der Waals surface area contributed by atoms with Crippen molar-refractivity contribution in [3.63, 3.8) is 0 Å². The third-order valence-corrected chi connectivity index (χ3v) is 2.11. The van der Waals surface area contributed by atoms with Gasteiger partial charge in [-0.25, -0.2) is 13.2 Å². The molecule has 0 heterocycles. The third kappa shape index (κ3) is 5.62. The van der Waals surface area contributed by atoms with Gasteiger partial charge in [-0.15, -0.1) is 0 Å². The SMILES string of the molecule is OC(O)(O)C(F)C(F)C(F)CCCCCF. The lowest BCUT2D eigenvalue weighted by atomic mass is 10.0. The summed E-state index contributed by atoms with van der Waals surface area (Å²) < 4.78 is 50.2. The molecular weight excluding hydrogens is 232 g/mol. The Morgan fingerprint density at radius 2 is 1.50 bits per heavy atom. The van der Waals surface area contributed by atoms with Gasteiger partial charge in [-0.05, 0) is 12.8 Å². The number of halogens is 4. The van der Waals surface area contributed by atoms with Gasteiger partial charge in [0.15, 0.2) is 6.17 Å². The van der Waals surface area contributed by atoms with Gasteiger partial charge in [0.1, 0.15) is 6.17 Å². The quantitative estimate of drug-likeness (QED) is 0.343. The number of unbranched alkanes of at least 4 members (excludes halogenated alkanes) is 2. The largest absolute Gasteiger partial charge is 0.341 e. The summed E-state index contributed by atoms with van der Waals surface area (Å²) in [5, 5.41) is 24.9. The summed E-state index contributed by atoms with van der Waals surface area (Å²) in [6.45, 7) is -0.561. The van der Waals surface area contributed by atoms with E-state index in [-0.39, 0.29) is 19.3 Å². The van der Waals surface area contributed by atoms with Crippen LogP contribution in [-0.2, 0) is 0 Å². The molecule has 0 bridgehead atoms. The molecule has 0 amide bonds. The van der Waals surface area contributed by atoms with E-state index in [0.717, 1.165) is 0 Å². The van der Waals surface area contributed by atoms with Gasteiger partial charge in [0.2, 0.25) is 6.17 Å². The first-order valence-electron chi connectivity index (χ1n) is 4.96. The van der Waals surface area contributed by atoms with E-state index in [2.05, 4.69) is 0 Å². The lowest BCUT2D eigenvalue weighted by Gasteiger charge is -2.23. The molecule has 0 aliphatic rings. The molecule has 98 valence electrons. The van der Waals surface area contributed by atoms with Crippen LogP contribution >= 0.6 is 0 Å². The molecule has 3 unspecified atom stereocenters. The van der Waals surface area contributed by atoms with Crippen molar-refractivity contribution in [3.8, 4) is 0 Å². The van der Waals surface area contributed by atoms with Crippen LogP contribution in [0, 0.1) is 0 Å². The van der Waals surface area contributed by atoms with Crippen LogP contribution in [0.15, 0.2) is 0 Å². The third-order valence-electron chi connectivity index (χ3n) is 2.11. The van der Waals surface area contributed by atoms with Crippen LogP contribution in [0.25, 0.3) is 0 Å². The maximum Gasteiger partial charge on any atom is 0.311 e. The molecule has 0 saturated heterocycles. The van der Waals surface area contributed by atoms with Crippen molar-refractivity contribution < 1.29 is 32.9 Å². The molecule has 3 atom stereocenters. The topological polar surface area (TPSA) is 60.7 Å². The summed E-state index contributed by atoms with van der Waals surface area (Å²) in [6.07, 6.45) is -7.88. The molecule has 0 spiro atoms. The molecule has 0 rings (SSSR count). The molecule has 0 aromatic rings. The first-order valence-corrected chi connectivity index (χ1v) is 4.96. The van der Waals surface area contributed by atoms with E-state index in [1.807, 2.05) is 0 Å². The Labute approximate surface area is 90.7 Å². The van der Waals surface area contributed by atoms with Crippen molar-refractivity contribution in [2.75, 3.05) is 6.67 Å². The first kappa shape index (κ1) is 15.6. The molecular formula is C9H16F4O3. The van der Waals surface area contributed by atoms with Crippen molar-refractivity contribution in [2.45, 2.75) is 50.2 Å². The monoisotopic (exact) mass is 248 g/mol. The zero-order chi connectivity index (χ0) is 12.8. The standard InChI is InChI=1S/C9H16F4O3/c10-5-3-1-2-4-6(11)7(12)8(13)9(14,15)16/h6-8,14-16H,1-5H2. The molecule has 0 saturated carbocycles.